The Kier molecular flexibility index (Phi) is 4.14. The maximum Gasteiger partial charge on any atom is 0.170 e. The lowest BCUT2D eigenvalue weighted by molar-refractivity contribution is 0.112. The molecule has 20 heavy (non-hydrogen) atoms. The summed E-state index contributed by atoms with van der Waals surface area (Å²) < 4.78 is 3.00. The molecule has 1 fully saturated rings. The summed E-state index contributed by atoms with van der Waals surface area (Å²) in [6.45, 7) is 5.23. The van der Waals surface area contributed by atoms with Crippen LogP contribution >= 0.6 is 15.9 Å². The summed E-state index contributed by atoms with van der Waals surface area (Å²) >= 11 is 3.47. The molecule has 3 rings (SSSR count). The van der Waals surface area contributed by atoms with Crippen LogP contribution in [0.4, 0.5) is 0 Å². The van der Waals surface area contributed by atoms with Gasteiger partial charge in [0.25, 0.3) is 0 Å². The molecule has 0 bridgehead atoms. The molecule has 6 heteroatoms. The van der Waals surface area contributed by atoms with Crippen molar-refractivity contribution >= 4 is 27.7 Å². The van der Waals surface area contributed by atoms with Gasteiger partial charge in [-0.25, -0.2) is 4.98 Å². The first-order valence-corrected chi connectivity index (χ1v) is 7.62. The van der Waals surface area contributed by atoms with Crippen LogP contribution in [0, 0.1) is 0 Å². The standard InChI is InChI=1S/C14H17BrN4O/c15-11-1-2-13-12(10-20)17-14(19(13)9-11)3-6-18-7-4-16-5-8-18/h1-2,9-10,16H,3-8H2. The van der Waals surface area contributed by atoms with Gasteiger partial charge in [0, 0.05) is 49.8 Å². The van der Waals surface area contributed by atoms with E-state index >= 15 is 0 Å². The minimum atomic E-state index is 0.521. The molecule has 1 saturated heterocycles. The molecule has 2 aromatic heterocycles. The maximum atomic E-state index is 11.1. The Bertz CT molecular complexity index is 619. The maximum absolute atomic E-state index is 11.1. The molecule has 1 N–H and O–H groups in total. The van der Waals surface area contributed by atoms with Gasteiger partial charge >= 0.3 is 0 Å². The predicted octanol–water partition coefficient (Wildman–Crippen LogP) is 1.36. The molecule has 106 valence electrons. The van der Waals surface area contributed by atoms with Gasteiger partial charge in [0.15, 0.2) is 6.29 Å². The monoisotopic (exact) mass is 336 g/mol. The quantitative estimate of drug-likeness (QED) is 0.856. The zero-order chi connectivity index (χ0) is 13.9. The Hall–Kier alpha value is -1.24. The van der Waals surface area contributed by atoms with Crippen LogP contribution in [0.5, 0.6) is 0 Å². The number of imidazole rings is 1. The summed E-state index contributed by atoms with van der Waals surface area (Å²) in [5.41, 5.74) is 1.39. The Labute approximate surface area is 126 Å². The van der Waals surface area contributed by atoms with Crippen molar-refractivity contribution in [1.82, 2.24) is 19.6 Å². The average Bonchev–Trinajstić information content (AvgIpc) is 2.83. The second-order valence-corrected chi connectivity index (χ2v) is 5.89. The van der Waals surface area contributed by atoms with Crippen molar-refractivity contribution in [1.29, 1.82) is 0 Å². The number of carbonyl (C=O) groups excluding carboxylic acids is 1. The number of aromatic nitrogens is 2. The van der Waals surface area contributed by atoms with Crippen LogP contribution in [0.2, 0.25) is 0 Å². The first-order chi connectivity index (χ1) is 9.78. The number of rotatable bonds is 4. The van der Waals surface area contributed by atoms with Gasteiger partial charge < -0.3 is 14.6 Å². The number of hydrogen-bond donors (Lipinski definition) is 1. The summed E-state index contributed by atoms with van der Waals surface area (Å²) in [6, 6.07) is 3.86. The van der Waals surface area contributed by atoms with Crippen LogP contribution < -0.4 is 5.32 Å². The highest BCUT2D eigenvalue weighted by Crippen LogP contribution is 2.17. The number of nitrogens with one attached hydrogen (secondary N) is 1. The lowest BCUT2D eigenvalue weighted by Gasteiger charge is -2.26. The Morgan fingerprint density at radius 1 is 1.35 bits per heavy atom. The number of nitrogens with zero attached hydrogens (tertiary/aromatic N) is 3. The van der Waals surface area contributed by atoms with Crippen LogP contribution in [-0.2, 0) is 6.42 Å². The van der Waals surface area contributed by atoms with Crippen molar-refractivity contribution in [2.45, 2.75) is 6.42 Å². The first kappa shape index (κ1) is 13.7. The minimum Gasteiger partial charge on any atom is -0.314 e. The molecule has 1 aliphatic heterocycles. The average molecular weight is 337 g/mol. The molecule has 0 atom stereocenters. The Morgan fingerprint density at radius 3 is 2.90 bits per heavy atom. The predicted molar refractivity (Wildman–Crippen MR) is 81.3 cm³/mol. The molecule has 1 aliphatic rings. The van der Waals surface area contributed by atoms with Crippen LogP contribution in [0.25, 0.3) is 5.52 Å². The summed E-state index contributed by atoms with van der Waals surface area (Å²) in [7, 11) is 0. The summed E-state index contributed by atoms with van der Waals surface area (Å²) in [4.78, 5) is 18.0. The van der Waals surface area contributed by atoms with Crippen molar-refractivity contribution in [3.63, 3.8) is 0 Å². The Balaban J connectivity index is 1.83. The second-order valence-electron chi connectivity index (χ2n) is 4.98. The number of hydrogen-bond acceptors (Lipinski definition) is 4. The zero-order valence-corrected chi connectivity index (χ0v) is 12.8. The normalized spacial score (nSPS) is 16.6. The van der Waals surface area contributed by atoms with E-state index in [1.54, 1.807) is 0 Å². The number of piperazine rings is 1. The van der Waals surface area contributed by atoms with E-state index in [1.165, 1.54) is 0 Å². The number of aldehydes is 1. The van der Waals surface area contributed by atoms with Crippen LogP contribution in [0.15, 0.2) is 22.8 Å². The molecule has 0 aromatic carbocycles. The van der Waals surface area contributed by atoms with Gasteiger partial charge in [-0.2, -0.15) is 0 Å². The number of halogens is 1. The molecule has 0 aliphatic carbocycles. The summed E-state index contributed by atoms with van der Waals surface area (Å²) in [5.74, 6) is 0.946. The lowest BCUT2D eigenvalue weighted by atomic mass is 10.3. The zero-order valence-electron chi connectivity index (χ0n) is 11.2. The van der Waals surface area contributed by atoms with Crippen LogP contribution in [0.3, 0.4) is 0 Å². The smallest absolute Gasteiger partial charge is 0.170 e. The highest BCUT2D eigenvalue weighted by Gasteiger charge is 2.14. The van der Waals surface area contributed by atoms with Gasteiger partial charge in [-0.3, -0.25) is 4.79 Å². The topological polar surface area (TPSA) is 49.6 Å². The number of pyridine rings is 1. The van der Waals surface area contributed by atoms with E-state index in [0.717, 1.165) is 61.2 Å². The third-order valence-electron chi connectivity index (χ3n) is 3.68. The SMILES string of the molecule is O=Cc1nc(CCN2CCNCC2)n2cc(Br)ccc12. The van der Waals surface area contributed by atoms with Gasteiger partial charge in [-0.05, 0) is 28.1 Å². The van der Waals surface area contributed by atoms with E-state index < -0.39 is 0 Å². The van der Waals surface area contributed by atoms with Gasteiger partial charge in [0.05, 0.1) is 5.52 Å². The third kappa shape index (κ3) is 2.77. The van der Waals surface area contributed by atoms with E-state index in [4.69, 9.17) is 0 Å². The molecule has 0 saturated carbocycles. The summed E-state index contributed by atoms with van der Waals surface area (Å²) in [5, 5.41) is 3.35. The highest BCUT2D eigenvalue weighted by atomic mass is 79.9. The first-order valence-electron chi connectivity index (χ1n) is 6.82. The molecule has 0 spiro atoms. The minimum absolute atomic E-state index is 0.521. The van der Waals surface area contributed by atoms with Gasteiger partial charge in [0.1, 0.15) is 11.5 Å². The van der Waals surface area contributed by atoms with E-state index in [9.17, 15) is 4.79 Å². The number of carbonyl (C=O) groups is 1. The second kappa shape index (κ2) is 6.03. The molecule has 2 aromatic rings. The molecule has 0 unspecified atom stereocenters. The van der Waals surface area contributed by atoms with Gasteiger partial charge in [-0.1, -0.05) is 0 Å². The number of fused-ring (bicyclic) bond motifs is 1. The third-order valence-corrected chi connectivity index (χ3v) is 4.14. The molecular weight excluding hydrogens is 320 g/mol. The molecular formula is C14H17BrN4O. The fourth-order valence-electron chi connectivity index (χ4n) is 2.60. The van der Waals surface area contributed by atoms with E-state index in [1.807, 2.05) is 22.7 Å². The van der Waals surface area contributed by atoms with Gasteiger partial charge in [-0.15, -0.1) is 0 Å². The molecule has 5 nitrogen and oxygen atoms in total. The molecule has 0 amide bonds. The van der Waals surface area contributed by atoms with E-state index in [2.05, 4.69) is 31.1 Å². The largest absolute Gasteiger partial charge is 0.314 e. The van der Waals surface area contributed by atoms with Crippen molar-refractivity contribution < 1.29 is 4.79 Å². The summed E-state index contributed by atoms with van der Waals surface area (Å²) in [6.07, 6.45) is 3.66. The lowest BCUT2D eigenvalue weighted by Crippen LogP contribution is -2.44. The van der Waals surface area contributed by atoms with Crippen molar-refractivity contribution in [2.24, 2.45) is 0 Å². The Morgan fingerprint density at radius 2 is 2.15 bits per heavy atom. The highest BCUT2D eigenvalue weighted by molar-refractivity contribution is 9.10. The van der Waals surface area contributed by atoms with Crippen LogP contribution in [-0.4, -0.2) is 53.3 Å². The fraction of sp³-hybridized carbons (Fsp3) is 0.429. The fourth-order valence-corrected chi connectivity index (χ4v) is 2.94. The van der Waals surface area contributed by atoms with Crippen molar-refractivity contribution in [3.8, 4) is 0 Å². The van der Waals surface area contributed by atoms with Crippen molar-refractivity contribution in [3.05, 3.63) is 34.3 Å². The van der Waals surface area contributed by atoms with E-state index in [-0.39, 0.29) is 0 Å². The van der Waals surface area contributed by atoms with Crippen molar-refractivity contribution in [2.75, 3.05) is 32.7 Å². The molecule has 0 radical (unpaired) electrons. The van der Waals surface area contributed by atoms with E-state index in [0.29, 0.717) is 5.69 Å². The van der Waals surface area contributed by atoms with Gasteiger partial charge in [0.2, 0.25) is 0 Å². The van der Waals surface area contributed by atoms with Crippen LogP contribution in [0.1, 0.15) is 16.3 Å². The molecule has 3 heterocycles.